The maximum Gasteiger partial charge on any atom is 0.181 e. The summed E-state index contributed by atoms with van der Waals surface area (Å²) < 4.78 is 6.96. The van der Waals surface area contributed by atoms with Crippen molar-refractivity contribution in [1.82, 2.24) is 14.8 Å². The van der Waals surface area contributed by atoms with Crippen molar-refractivity contribution in [1.29, 1.82) is 0 Å². The zero-order chi connectivity index (χ0) is 14.7. The average molecular weight is 280 g/mol. The molecule has 0 aliphatic carbocycles. The van der Waals surface area contributed by atoms with Crippen LogP contribution in [0.15, 0.2) is 54.9 Å². The molecule has 21 heavy (non-hydrogen) atoms. The van der Waals surface area contributed by atoms with Gasteiger partial charge in [-0.15, -0.1) is 0 Å². The molecular weight excluding hydrogens is 264 g/mol. The van der Waals surface area contributed by atoms with E-state index in [2.05, 4.69) is 10.1 Å². The van der Waals surface area contributed by atoms with E-state index in [-0.39, 0.29) is 0 Å². The lowest BCUT2D eigenvalue weighted by Crippen LogP contribution is -2.00. The van der Waals surface area contributed by atoms with Crippen molar-refractivity contribution in [2.24, 2.45) is 0 Å². The number of anilines is 1. The van der Waals surface area contributed by atoms with Crippen LogP contribution in [0.1, 0.15) is 5.56 Å². The van der Waals surface area contributed by atoms with Crippen LogP contribution in [0.4, 0.5) is 5.69 Å². The summed E-state index contributed by atoms with van der Waals surface area (Å²) in [5, 5.41) is 4.48. The van der Waals surface area contributed by atoms with E-state index in [1.807, 2.05) is 53.2 Å². The van der Waals surface area contributed by atoms with Gasteiger partial charge in [-0.1, -0.05) is 12.1 Å². The number of ether oxygens (including phenoxy) is 1. The zero-order valence-electron chi connectivity index (χ0n) is 11.7. The fraction of sp³-hybridized carbons (Fsp3) is 0.125. The van der Waals surface area contributed by atoms with Crippen molar-refractivity contribution in [2.75, 3.05) is 12.8 Å². The maximum absolute atomic E-state index is 5.68. The number of nitrogens with two attached hydrogens (primary N) is 1. The fourth-order valence-corrected chi connectivity index (χ4v) is 2.05. The first-order chi connectivity index (χ1) is 10.2. The first-order valence-corrected chi connectivity index (χ1v) is 6.63. The Labute approximate surface area is 123 Å². The number of aromatic nitrogens is 3. The molecule has 0 bridgehead atoms. The molecule has 2 aromatic carbocycles. The first kappa shape index (κ1) is 13.2. The molecule has 0 radical (unpaired) electrons. The summed E-state index contributed by atoms with van der Waals surface area (Å²) in [6.45, 7) is 0.673. The summed E-state index contributed by atoms with van der Waals surface area (Å²) >= 11 is 0. The number of methoxy groups -OCH3 is 1. The molecule has 3 aromatic rings. The molecule has 106 valence electrons. The minimum atomic E-state index is 0.673. The number of benzene rings is 2. The first-order valence-electron chi connectivity index (χ1n) is 6.63. The molecule has 0 saturated heterocycles. The molecule has 0 aliphatic heterocycles. The maximum atomic E-state index is 5.68. The van der Waals surface area contributed by atoms with E-state index in [1.54, 1.807) is 13.4 Å². The van der Waals surface area contributed by atoms with Crippen molar-refractivity contribution in [3.05, 3.63) is 60.4 Å². The summed E-state index contributed by atoms with van der Waals surface area (Å²) in [6, 6.07) is 15.4. The largest absolute Gasteiger partial charge is 0.497 e. The lowest BCUT2D eigenvalue weighted by Gasteiger charge is -2.03. The van der Waals surface area contributed by atoms with Gasteiger partial charge in [0.2, 0.25) is 0 Å². The molecule has 0 unspecified atom stereocenters. The van der Waals surface area contributed by atoms with Crippen LogP contribution in [0.3, 0.4) is 0 Å². The van der Waals surface area contributed by atoms with Gasteiger partial charge in [0, 0.05) is 11.3 Å². The van der Waals surface area contributed by atoms with Crippen LogP contribution in [0, 0.1) is 0 Å². The Kier molecular flexibility index (Phi) is 3.55. The number of nitrogen functional groups attached to an aromatic ring is 1. The summed E-state index contributed by atoms with van der Waals surface area (Å²) in [7, 11) is 1.66. The number of rotatable bonds is 4. The molecule has 0 amide bonds. The Bertz CT molecular complexity index is 717. The molecule has 0 saturated carbocycles. The lowest BCUT2D eigenvalue weighted by atomic mass is 10.2. The van der Waals surface area contributed by atoms with Gasteiger partial charge in [-0.3, -0.25) is 0 Å². The second-order valence-corrected chi connectivity index (χ2v) is 4.74. The highest BCUT2D eigenvalue weighted by molar-refractivity contribution is 5.57. The van der Waals surface area contributed by atoms with E-state index >= 15 is 0 Å². The summed E-state index contributed by atoms with van der Waals surface area (Å²) in [6.07, 6.45) is 1.73. The van der Waals surface area contributed by atoms with Crippen LogP contribution in [0.2, 0.25) is 0 Å². The Balaban J connectivity index is 1.76. The highest BCUT2D eigenvalue weighted by Crippen LogP contribution is 2.17. The molecule has 5 heteroatoms. The quantitative estimate of drug-likeness (QED) is 0.746. The van der Waals surface area contributed by atoms with Crippen LogP contribution in [-0.2, 0) is 6.54 Å². The molecule has 0 fully saturated rings. The Morgan fingerprint density at radius 2 is 1.76 bits per heavy atom. The van der Waals surface area contributed by atoms with E-state index in [4.69, 9.17) is 10.5 Å². The molecule has 1 aromatic heterocycles. The van der Waals surface area contributed by atoms with E-state index in [0.717, 1.165) is 22.6 Å². The van der Waals surface area contributed by atoms with Gasteiger partial charge in [0.05, 0.1) is 13.7 Å². The number of hydrogen-bond acceptors (Lipinski definition) is 4. The van der Waals surface area contributed by atoms with Crippen LogP contribution in [0.5, 0.6) is 5.75 Å². The van der Waals surface area contributed by atoms with Crippen molar-refractivity contribution < 1.29 is 4.74 Å². The third-order valence-electron chi connectivity index (χ3n) is 3.21. The topological polar surface area (TPSA) is 66.0 Å². The van der Waals surface area contributed by atoms with Crippen LogP contribution >= 0.6 is 0 Å². The fourth-order valence-electron chi connectivity index (χ4n) is 2.05. The van der Waals surface area contributed by atoms with Gasteiger partial charge in [-0.2, -0.15) is 5.10 Å². The molecule has 0 spiro atoms. The van der Waals surface area contributed by atoms with E-state index < -0.39 is 0 Å². The monoisotopic (exact) mass is 280 g/mol. The predicted octanol–water partition coefficient (Wildman–Crippen LogP) is 2.58. The van der Waals surface area contributed by atoms with Crippen molar-refractivity contribution in [2.45, 2.75) is 6.54 Å². The minimum Gasteiger partial charge on any atom is -0.497 e. The van der Waals surface area contributed by atoms with Gasteiger partial charge in [-0.05, 0) is 42.0 Å². The average Bonchev–Trinajstić information content (AvgIpc) is 2.97. The van der Waals surface area contributed by atoms with Crippen LogP contribution in [0.25, 0.3) is 11.4 Å². The van der Waals surface area contributed by atoms with Crippen molar-refractivity contribution >= 4 is 5.69 Å². The molecule has 0 aliphatic rings. The molecule has 1 heterocycles. The predicted molar refractivity (Wildman–Crippen MR) is 82.0 cm³/mol. The summed E-state index contributed by atoms with van der Waals surface area (Å²) in [5.41, 5.74) is 8.51. The van der Waals surface area contributed by atoms with Gasteiger partial charge >= 0.3 is 0 Å². The van der Waals surface area contributed by atoms with E-state index in [0.29, 0.717) is 12.4 Å². The lowest BCUT2D eigenvalue weighted by molar-refractivity contribution is 0.414. The normalized spacial score (nSPS) is 10.5. The Morgan fingerprint density at radius 1 is 1.05 bits per heavy atom. The highest BCUT2D eigenvalue weighted by Gasteiger charge is 2.04. The van der Waals surface area contributed by atoms with Crippen molar-refractivity contribution in [3.8, 4) is 17.1 Å². The van der Waals surface area contributed by atoms with Crippen LogP contribution < -0.4 is 10.5 Å². The third-order valence-corrected chi connectivity index (χ3v) is 3.21. The molecule has 0 atom stereocenters. The van der Waals surface area contributed by atoms with Gasteiger partial charge in [0.25, 0.3) is 0 Å². The SMILES string of the molecule is COc1ccc(Cn2cnc(-c3ccc(N)cc3)n2)cc1. The molecule has 2 N–H and O–H groups in total. The smallest absolute Gasteiger partial charge is 0.181 e. The van der Waals surface area contributed by atoms with Gasteiger partial charge < -0.3 is 10.5 Å². The summed E-state index contributed by atoms with van der Waals surface area (Å²) in [5.74, 6) is 1.54. The standard InChI is InChI=1S/C16H16N4O/c1-21-15-8-2-12(3-9-15)10-20-11-18-16(19-20)13-4-6-14(17)7-5-13/h2-9,11H,10,17H2,1H3. The van der Waals surface area contributed by atoms with Crippen LogP contribution in [-0.4, -0.2) is 21.9 Å². The second kappa shape index (κ2) is 5.66. The Morgan fingerprint density at radius 3 is 2.43 bits per heavy atom. The third kappa shape index (κ3) is 3.02. The van der Waals surface area contributed by atoms with Crippen molar-refractivity contribution in [3.63, 3.8) is 0 Å². The molecule has 3 rings (SSSR count). The van der Waals surface area contributed by atoms with E-state index in [9.17, 15) is 0 Å². The second-order valence-electron chi connectivity index (χ2n) is 4.74. The minimum absolute atomic E-state index is 0.673. The number of hydrogen-bond donors (Lipinski definition) is 1. The van der Waals surface area contributed by atoms with Gasteiger partial charge in [-0.25, -0.2) is 9.67 Å². The molecular formula is C16H16N4O. The van der Waals surface area contributed by atoms with Gasteiger partial charge in [0.1, 0.15) is 12.1 Å². The summed E-state index contributed by atoms with van der Waals surface area (Å²) in [4.78, 5) is 4.33. The number of nitrogens with zero attached hydrogens (tertiary/aromatic N) is 3. The highest BCUT2D eigenvalue weighted by atomic mass is 16.5. The Hall–Kier alpha value is -2.82. The van der Waals surface area contributed by atoms with Gasteiger partial charge in [0.15, 0.2) is 5.82 Å². The zero-order valence-corrected chi connectivity index (χ0v) is 11.7. The molecule has 5 nitrogen and oxygen atoms in total. The van der Waals surface area contributed by atoms with E-state index in [1.165, 1.54) is 0 Å².